The van der Waals surface area contributed by atoms with E-state index in [1.54, 1.807) is 31.3 Å². The van der Waals surface area contributed by atoms with E-state index < -0.39 is 5.97 Å². The van der Waals surface area contributed by atoms with Gasteiger partial charge in [-0.2, -0.15) is 0 Å². The van der Waals surface area contributed by atoms with E-state index in [1.165, 1.54) is 11.0 Å². The quantitative estimate of drug-likeness (QED) is 0.698. The van der Waals surface area contributed by atoms with E-state index in [0.29, 0.717) is 11.3 Å². The second-order valence-electron chi connectivity index (χ2n) is 3.87. The van der Waals surface area contributed by atoms with Crippen molar-refractivity contribution in [2.45, 2.75) is 0 Å². The Bertz CT molecular complexity index is 485. The summed E-state index contributed by atoms with van der Waals surface area (Å²) in [5, 5.41) is 19.9. The summed E-state index contributed by atoms with van der Waals surface area (Å²) in [6.45, 7) is 0.135. The van der Waals surface area contributed by atoms with Crippen molar-refractivity contribution in [1.29, 1.82) is 0 Å². The molecule has 0 aliphatic carbocycles. The number of aliphatic carboxylic acids is 1. The fourth-order valence-electron chi connectivity index (χ4n) is 1.36. The lowest BCUT2D eigenvalue weighted by molar-refractivity contribution is -0.131. The first-order valence-electron chi connectivity index (χ1n) is 5.67. The lowest BCUT2D eigenvalue weighted by atomic mass is 10.2. The van der Waals surface area contributed by atoms with Gasteiger partial charge in [0.15, 0.2) is 0 Å². The molecule has 2 amide bonds. The van der Waals surface area contributed by atoms with Gasteiger partial charge in [-0.1, -0.05) is 12.1 Å². The number of amides is 2. The van der Waals surface area contributed by atoms with Crippen LogP contribution in [-0.4, -0.2) is 47.3 Å². The maximum atomic E-state index is 11.7. The highest BCUT2D eigenvalue weighted by atomic mass is 16.4. The van der Waals surface area contributed by atoms with Crippen molar-refractivity contribution < 1.29 is 19.8 Å². The number of nitrogens with one attached hydrogen (secondary N) is 1. The van der Waals surface area contributed by atoms with E-state index in [0.717, 1.165) is 6.08 Å². The van der Waals surface area contributed by atoms with Crippen molar-refractivity contribution in [2.24, 2.45) is 0 Å². The van der Waals surface area contributed by atoms with Crippen molar-refractivity contribution in [1.82, 2.24) is 4.90 Å². The lowest BCUT2D eigenvalue weighted by Gasteiger charge is -2.16. The maximum Gasteiger partial charge on any atom is 0.328 e. The zero-order valence-electron chi connectivity index (χ0n) is 10.5. The summed E-state index contributed by atoms with van der Waals surface area (Å²) in [6, 6.07) is 6.45. The van der Waals surface area contributed by atoms with Gasteiger partial charge in [-0.05, 0) is 23.8 Å². The van der Waals surface area contributed by atoms with Gasteiger partial charge in [0.2, 0.25) is 0 Å². The molecule has 0 unspecified atom stereocenters. The number of rotatable bonds is 5. The van der Waals surface area contributed by atoms with E-state index in [-0.39, 0.29) is 19.2 Å². The number of likely N-dealkylation sites (N-methyl/N-ethyl adjacent to an activating group) is 1. The Morgan fingerprint density at radius 3 is 2.79 bits per heavy atom. The largest absolute Gasteiger partial charge is 0.478 e. The minimum atomic E-state index is -1.03. The van der Waals surface area contributed by atoms with Gasteiger partial charge in [0.25, 0.3) is 0 Å². The number of nitrogens with zero attached hydrogens (tertiary/aromatic N) is 1. The number of carbonyl (C=O) groups is 2. The van der Waals surface area contributed by atoms with Crippen LogP contribution in [0.1, 0.15) is 5.56 Å². The number of aliphatic hydroxyl groups excluding tert-OH is 1. The number of urea groups is 1. The molecule has 102 valence electrons. The van der Waals surface area contributed by atoms with E-state index in [1.807, 2.05) is 0 Å². The number of carboxylic acid groups (broad SMARTS) is 1. The number of hydrogen-bond acceptors (Lipinski definition) is 3. The highest BCUT2D eigenvalue weighted by Gasteiger charge is 2.07. The van der Waals surface area contributed by atoms with Gasteiger partial charge >= 0.3 is 12.0 Å². The molecule has 0 aliphatic heterocycles. The number of aliphatic hydroxyl groups is 1. The molecule has 0 bridgehead atoms. The topological polar surface area (TPSA) is 89.9 Å². The van der Waals surface area contributed by atoms with Crippen LogP contribution in [-0.2, 0) is 4.79 Å². The molecule has 6 nitrogen and oxygen atoms in total. The Morgan fingerprint density at radius 2 is 2.16 bits per heavy atom. The summed E-state index contributed by atoms with van der Waals surface area (Å²) in [5.74, 6) is -1.03. The fraction of sp³-hybridized carbons (Fsp3) is 0.231. The van der Waals surface area contributed by atoms with E-state index in [2.05, 4.69) is 5.32 Å². The molecule has 0 atom stereocenters. The van der Waals surface area contributed by atoms with Crippen LogP contribution in [0.4, 0.5) is 10.5 Å². The fourth-order valence-corrected chi connectivity index (χ4v) is 1.36. The number of hydrogen-bond donors (Lipinski definition) is 3. The molecule has 6 heteroatoms. The number of benzene rings is 1. The highest BCUT2D eigenvalue weighted by molar-refractivity contribution is 5.90. The Balaban J connectivity index is 2.72. The minimum absolute atomic E-state index is 0.106. The minimum Gasteiger partial charge on any atom is -0.478 e. The molecule has 1 aromatic carbocycles. The average molecular weight is 264 g/mol. The van der Waals surface area contributed by atoms with Gasteiger partial charge in [-0.3, -0.25) is 0 Å². The van der Waals surface area contributed by atoms with Gasteiger partial charge in [0, 0.05) is 25.4 Å². The number of carboxylic acids is 1. The molecule has 0 heterocycles. The van der Waals surface area contributed by atoms with Crippen LogP contribution in [0, 0.1) is 0 Å². The van der Waals surface area contributed by atoms with Crippen LogP contribution >= 0.6 is 0 Å². The van der Waals surface area contributed by atoms with Crippen molar-refractivity contribution in [3.8, 4) is 0 Å². The monoisotopic (exact) mass is 264 g/mol. The molecule has 19 heavy (non-hydrogen) atoms. The molecule has 0 spiro atoms. The summed E-state index contributed by atoms with van der Waals surface area (Å²) < 4.78 is 0. The van der Waals surface area contributed by atoms with Crippen molar-refractivity contribution in [2.75, 3.05) is 25.5 Å². The van der Waals surface area contributed by atoms with Crippen molar-refractivity contribution in [3.05, 3.63) is 35.9 Å². The van der Waals surface area contributed by atoms with Gasteiger partial charge in [0.05, 0.1) is 6.61 Å². The lowest BCUT2D eigenvalue weighted by Crippen LogP contribution is -2.33. The second kappa shape index (κ2) is 7.17. The SMILES string of the molecule is CN(CCO)C(=O)Nc1cccc(/C=C/C(=O)O)c1. The summed E-state index contributed by atoms with van der Waals surface area (Å²) in [7, 11) is 1.57. The second-order valence-corrected chi connectivity index (χ2v) is 3.87. The normalized spacial score (nSPS) is 10.4. The third kappa shape index (κ3) is 5.22. The van der Waals surface area contributed by atoms with E-state index in [4.69, 9.17) is 10.2 Å². The molecule has 1 aromatic rings. The van der Waals surface area contributed by atoms with E-state index in [9.17, 15) is 9.59 Å². The average Bonchev–Trinajstić information content (AvgIpc) is 2.37. The number of anilines is 1. The van der Waals surface area contributed by atoms with Crippen LogP contribution in [0.3, 0.4) is 0 Å². The molecular weight excluding hydrogens is 248 g/mol. The van der Waals surface area contributed by atoms with Gasteiger partial charge in [-0.15, -0.1) is 0 Å². The molecule has 0 aliphatic rings. The van der Waals surface area contributed by atoms with E-state index >= 15 is 0 Å². The van der Waals surface area contributed by atoms with Gasteiger partial charge in [0.1, 0.15) is 0 Å². The molecule has 0 aromatic heterocycles. The predicted molar refractivity (Wildman–Crippen MR) is 71.8 cm³/mol. The molecule has 0 saturated carbocycles. The third-order valence-corrected chi connectivity index (χ3v) is 2.34. The third-order valence-electron chi connectivity index (χ3n) is 2.34. The Morgan fingerprint density at radius 1 is 1.42 bits per heavy atom. The van der Waals surface area contributed by atoms with Gasteiger partial charge < -0.3 is 20.4 Å². The molecule has 0 fully saturated rings. The molecule has 3 N–H and O–H groups in total. The summed E-state index contributed by atoms with van der Waals surface area (Å²) in [6.07, 6.45) is 2.47. The zero-order chi connectivity index (χ0) is 14.3. The first-order valence-corrected chi connectivity index (χ1v) is 5.67. The Kier molecular flexibility index (Phi) is 5.56. The predicted octanol–water partition coefficient (Wildman–Crippen LogP) is 1.24. The first kappa shape index (κ1) is 14.7. The van der Waals surface area contributed by atoms with Crippen molar-refractivity contribution in [3.63, 3.8) is 0 Å². The highest BCUT2D eigenvalue weighted by Crippen LogP contribution is 2.12. The van der Waals surface area contributed by atoms with Crippen LogP contribution in [0.2, 0.25) is 0 Å². The standard InChI is InChI=1S/C13H16N2O4/c1-15(7-8-16)13(19)14-11-4-2-3-10(9-11)5-6-12(17)18/h2-6,9,16H,7-8H2,1H3,(H,14,19)(H,17,18)/b6-5+. The first-order chi connectivity index (χ1) is 9.02. The molecule has 0 radical (unpaired) electrons. The van der Waals surface area contributed by atoms with Crippen LogP contribution in [0.25, 0.3) is 6.08 Å². The number of carbonyl (C=O) groups excluding carboxylic acids is 1. The molecule has 0 saturated heterocycles. The Hall–Kier alpha value is -2.34. The smallest absolute Gasteiger partial charge is 0.328 e. The maximum absolute atomic E-state index is 11.7. The van der Waals surface area contributed by atoms with Crippen molar-refractivity contribution >= 4 is 23.8 Å². The van der Waals surface area contributed by atoms with Crippen LogP contribution in [0.15, 0.2) is 30.3 Å². The molecule has 1 rings (SSSR count). The molecular formula is C13H16N2O4. The summed E-state index contributed by atoms with van der Waals surface area (Å²) in [4.78, 5) is 23.4. The van der Waals surface area contributed by atoms with Gasteiger partial charge in [-0.25, -0.2) is 9.59 Å². The van der Waals surface area contributed by atoms with Crippen LogP contribution in [0.5, 0.6) is 0 Å². The summed E-state index contributed by atoms with van der Waals surface area (Å²) >= 11 is 0. The van der Waals surface area contributed by atoms with Crippen LogP contribution < -0.4 is 5.32 Å². The Labute approximate surface area is 111 Å². The summed E-state index contributed by atoms with van der Waals surface area (Å²) in [5.41, 5.74) is 1.23. The zero-order valence-corrected chi connectivity index (χ0v) is 10.5.